The number of nitro groups is 1. The Morgan fingerprint density at radius 3 is 2.57 bits per heavy atom. The number of carbonyl (C=O) groups is 2. The SMILES string of the molecule is CC(=O)n1cc(/C=C2/N=C(c3ccc([N+](=O)[O-])cc3)OC2=O)c2ccccc21. The Hall–Kier alpha value is -4.07. The van der Waals surface area contributed by atoms with Crippen molar-refractivity contribution < 1.29 is 19.2 Å². The minimum absolute atomic E-state index is 0.0681. The Labute approximate surface area is 158 Å². The highest BCUT2D eigenvalue weighted by molar-refractivity contribution is 6.13. The van der Waals surface area contributed by atoms with Crippen molar-refractivity contribution in [2.75, 3.05) is 0 Å². The van der Waals surface area contributed by atoms with Gasteiger partial charge in [0.15, 0.2) is 5.70 Å². The van der Waals surface area contributed by atoms with Crippen LogP contribution >= 0.6 is 0 Å². The molecule has 8 nitrogen and oxygen atoms in total. The number of carbonyl (C=O) groups excluding carboxylic acids is 2. The van der Waals surface area contributed by atoms with Crippen LogP contribution in [0, 0.1) is 10.1 Å². The Morgan fingerprint density at radius 1 is 1.18 bits per heavy atom. The number of cyclic esters (lactones) is 1. The van der Waals surface area contributed by atoms with Crippen molar-refractivity contribution in [2.24, 2.45) is 4.99 Å². The molecule has 1 aromatic heterocycles. The van der Waals surface area contributed by atoms with Crippen LogP contribution in [0.25, 0.3) is 17.0 Å². The van der Waals surface area contributed by atoms with Gasteiger partial charge in [-0.3, -0.25) is 19.5 Å². The molecule has 1 aliphatic heterocycles. The number of nitrogens with zero attached hydrogens (tertiary/aromatic N) is 3. The minimum atomic E-state index is -0.631. The number of hydrogen-bond acceptors (Lipinski definition) is 6. The van der Waals surface area contributed by atoms with Crippen LogP contribution in [0.1, 0.15) is 22.8 Å². The minimum Gasteiger partial charge on any atom is -0.402 e. The number of benzene rings is 2. The average Bonchev–Trinajstić information content (AvgIpc) is 3.23. The number of aliphatic imine (C=N–C) groups is 1. The largest absolute Gasteiger partial charge is 0.402 e. The molecule has 0 N–H and O–H groups in total. The highest BCUT2D eigenvalue weighted by atomic mass is 16.6. The van der Waals surface area contributed by atoms with Gasteiger partial charge in [0.1, 0.15) is 0 Å². The number of esters is 1. The Morgan fingerprint density at radius 2 is 1.89 bits per heavy atom. The summed E-state index contributed by atoms with van der Waals surface area (Å²) in [5, 5.41) is 11.6. The summed E-state index contributed by atoms with van der Waals surface area (Å²) in [4.78, 5) is 38.5. The molecule has 0 spiro atoms. The van der Waals surface area contributed by atoms with E-state index in [9.17, 15) is 19.7 Å². The standard InChI is InChI=1S/C20H13N3O5/c1-12(24)22-11-14(16-4-2-3-5-18(16)22)10-17-20(25)28-19(21-17)13-6-8-15(9-7-13)23(26)27/h2-11H,1H3/b17-10+. The maximum atomic E-state index is 12.2. The molecule has 138 valence electrons. The first-order valence-corrected chi connectivity index (χ1v) is 8.32. The van der Waals surface area contributed by atoms with Crippen molar-refractivity contribution in [1.82, 2.24) is 4.57 Å². The number of fused-ring (bicyclic) bond motifs is 1. The molecule has 0 atom stereocenters. The van der Waals surface area contributed by atoms with E-state index in [0.29, 0.717) is 11.1 Å². The third-order valence-electron chi connectivity index (χ3n) is 4.32. The fraction of sp³-hybridized carbons (Fsp3) is 0.0500. The van der Waals surface area contributed by atoms with E-state index in [2.05, 4.69) is 4.99 Å². The molecule has 8 heteroatoms. The summed E-state index contributed by atoms with van der Waals surface area (Å²) in [6.07, 6.45) is 3.20. The number of rotatable bonds is 3. The van der Waals surface area contributed by atoms with Gasteiger partial charge >= 0.3 is 5.97 Å². The second kappa shape index (κ2) is 6.58. The van der Waals surface area contributed by atoms with Gasteiger partial charge in [-0.25, -0.2) is 9.79 Å². The number of non-ortho nitro benzene ring substituents is 1. The van der Waals surface area contributed by atoms with E-state index in [1.165, 1.54) is 35.8 Å². The van der Waals surface area contributed by atoms with Gasteiger partial charge in [0, 0.05) is 41.8 Å². The lowest BCUT2D eigenvalue weighted by Gasteiger charge is -1.98. The molecule has 2 heterocycles. The predicted octanol–water partition coefficient (Wildman–Crippen LogP) is 3.55. The number of aromatic nitrogens is 1. The van der Waals surface area contributed by atoms with E-state index in [0.717, 1.165) is 10.9 Å². The maximum Gasteiger partial charge on any atom is 0.363 e. The zero-order chi connectivity index (χ0) is 19.8. The maximum absolute atomic E-state index is 12.2. The fourth-order valence-electron chi connectivity index (χ4n) is 2.99. The first-order valence-electron chi connectivity index (χ1n) is 8.32. The van der Waals surface area contributed by atoms with Crippen molar-refractivity contribution in [2.45, 2.75) is 6.92 Å². The first kappa shape index (κ1) is 17.3. The molecule has 3 aromatic rings. The molecule has 28 heavy (non-hydrogen) atoms. The summed E-state index contributed by atoms with van der Waals surface area (Å²) < 4.78 is 6.70. The predicted molar refractivity (Wildman–Crippen MR) is 102 cm³/mol. The van der Waals surface area contributed by atoms with Gasteiger partial charge in [-0.15, -0.1) is 0 Å². The molecular weight excluding hydrogens is 362 g/mol. The van der Waals surface area contributed by atoms with Gasteiger partial charge in [-0.05, 0) is 24.3 Å². The van der Waals surface area contributed by atoms with Crippen molar-refractivity contribution in [3.63, 3.8) is 0 Å². The third-order valence-corrected chi connectivity index (χ3v) is 4.32. The molecule has 0 bridgehead atoms. The zero-order valence-corrected chi connectivity index (χ0v) is 14.7. The van der Waals surface area contributed by atoms with E-state index < -0.39 is 10.9 Å². The Balaban J connectivity index is 1.74. The number of hydrogen-bond donors (Lipinski definition) is 0. The quantitative estimate of drug-likeness (QED) is 0.301. The summed E-state index contributed by atoms with van der Waals surface area (Å²) in [7, 11) is 0. The zero-order valence-electron chi connectivity index (χ0n) is 14.7. The lowest BCUT2D eigenvalue weighted by atomic mass is 10.1. The molecule has 0 unspecified atom stereocenters. The van der Waals surface area contributed by atoms with Gasteiger partial charge in [0.25, 0.3) is 5.69 Å². The van der Waals surface area contributed by atoms with Gasteiger partial charge < -0.3 is 4.74 Å². The average molecular weight is 375 g/mol. The van der Waals surface area contributed by atoms with Crippen molar-refractivity contribution >= 4 is 40.4 Å². The van der Waals surface area contributed by atoms with Crippen LogP contribution in [0.5, 0.6) is 0 Å². The Kier molecular flexibility index (Phi) is 4.08. The molecule has 0 saturated heterocycles. The van der Waals surface area contributed by atoms with Crippen LogP contribution in [-0.4, -0.2) is 27.3 Å². The molecule has 0 saturated carbocycles. The second-order valence-corrected chi connectivity index (χ2v) is 6.13. The smallest absolute Gasteiger partial charge is 0.363 e. The highest BCUT2D eigenvalue weighted by Gasteiger charge is 2.25. The van der Waals surface area contributed by atoms with E-state index >= 15 is 0 Å². The molecular formula is C20H13N3O5. The number of ether oxygens (including phenoxy) is 1. The second-order valence-electron chi connectivity index (χ2n) is 6.13. The molecule has 2 aromatic carbocycles. The van der Waals surface area contributed by atoms with Gasteiger partial charge in [0.2, 0.25) is 11.8 Å². The molecule has 0 amide bonds. The number of nitro benzene ring substituents is 1. The van der Waals surface area contributed by atoms with E-state index in [1.54, 1.807) is 12.3 Å². The number of para-hydroxylation sites is 1. The summed E-state index contributed by atoms with van der Waals surface area (Å²) in [5.41, 5.74) is 1.86. The monoisotopic (exact) mass is 375 g/mol. The highest BCUT2D eigenvalue weighted by Crippen LogP contribution is 2.26. The van der Waals surface area contributed by atoms with Crippen LogP contribution in [-0.2, 0) is 9.53 Å². The van der Waals surface area contributed by atoms with Crippen LogP contribution in [0.3, 0.4) is 0 Å². The summed E-state index contributed by atoms with van der Waals surface area (Å²) >= 11 is 0. The van der Waals surface area contributed by atoms with Crippen LogP contribution < -0.4 is 0 Å². The fourth-order valence-corrected chi connectivity index (χ4v) is 2.99. The van der Waals surface area contributed by atoms with E-state index in [4.69, 9.17) is 4.74 Å². The van der Waals surface area contributed by atoms with Gasteiger partial charge in [-0.1, -0.05) is 18.2 Å². The van der Waals surface area contributed by atoms with Crippen molar-refractivity contribution in [1.29, 1.82) is 0 Å². The van der Waals surface area contributed by atoms with Gasteiger partial charge in [-0.2, -0.15) is 0 Å². The molecule has 0 radical (unpaired) electrons. The lowest BCUT2D eigenvalue weighted by molar-refractivity contribution is -0.384. The van der Waals surface area contributed by atoms with Crippen LogP contribution in [0.15, 0.2) is 65.4 Å². The van der Waals surface area contributed by atoms with Crippen LogP contribution in [0.4, 0.5) is 5.69 Å². The van der Waals surface area contributed by atoms with E-state index in [1.807, 2.05) is 24.3 Å². The Bertz CT molecular complexity index is 1200. The summed E-state index contributed by atoms with van der Waals surface area (Å²) in [6, 6.07) is 12.9. The van der Waals surface area contributed by atoms with Crippen molar-refractivity contribution in [3.05, 3.63) is 81.7 Å². The molecule has 0 fully saturated rings. The molecule has 0 aliphatic carbocycles. The molecule has 1 aliphatic rings. The topological polar surface area (TPSA) is 104 Å². The van der Waals surface area contributed by atoms with Gasteiger partial charge in [0.05, 0.1) is 10.4 Å². The first-order chi connectivity index (χ1) is 13.4. The normalized spacial score (nSPS) is 15.0. The van der Waals surface area contributed by atoms with Crippen molar-refractivity contribution in [3.8, 4) is 0 Å². The third kappa shape index (κ3) is 2.96. The molecule has 4 rings (SSSR count). The summed E-state index contributed by atoms with van der Waals surface area (Å²) in [6.45, 7) is 1.46. The van der Waals surface area contributed by atoms with Crippen LogP contribution in [0.2, 0.25) is 0 Å². The van der Waals surface area contributed by atoms with E-state index in [-0.39, 0.29) is 23.2 Å². The lowest BCUT2D eigenvalue weighted by Crippen LogP contribution is -2.05. The summed E-state index contributed by atoms with van der Waals surface area (Å²) in [5.74, 6) is -0.709.